The summed E-state index contributed by atoms with van der Waals surface area (Å²) in [5.74, 6) is 1.52. The molecule has 7 rings (SSSR count). The van der Waals surface area contributed by atoms with Gasteiger partial charge < -0.3 is 9.80 Å². The molecule has 4 atom stereocenters. The van der Waals surface area contributed by atoms with Crippen LogP contribution in [0.2, 0.25) is 0 Å². The van der Waals surface area contributed by atoms with Crippen molar-refractivity contribution < 1.29 is 14.4 Å². The van der Waals surface area contributed by atoms with Crippen molar-refractivity contribution in [2.75, 3.05) is 37.6 Å². The van der Waals surface area contributed by atoms with Crippen molar-refractivity contribution in [2.24, 2.45) is 29.1 Å². The Balaban J connectivity index is 1.11. The third-order valence-electron chi connectivity index (χ3n) is 10.0. The van der Waals surface area contributed by atoms with Crippen LogP contribution in [0.15, 0.2) is 30.4 Å². The highest BCUT2D eigenvalue weighted by atomic mass is 16.2. The molecule has 3 amide bonds. The molecule has 0 aromatic heterocycles. The molecule has 2 bridgehead atoms. The minimum absolute atomic E-state index is 0.0310. The summed E-state index contributed by atoms with van der Waals surface area (Å²) < 4.78 is 0. The average Bonchev–Trinajstić information content (AvgIpc) is 3.51. The van der Waals surface area contributed by atoms with Gasteiger partial charge in [-0.1, -0.05) is 18.2 Å². The normalized spacial score (nSPS) is 32.6. The quantitative estimate of drug-likeness (QED) is 0.488. The van der Waals surface area contributed by atoms with Gasteiger partial charge in [0.1, 0.15) is 0 Å². The van der Waals surface area contributed by atoms with Gasteiger partial charge >= 0.3 is 0 Å². The van der Waals surface area contributed by atoms with Crippen LogP contribution >= 0.6 is 0 Å². The molecule has 3 aliphatic carbocycles. The number of carbonyl (C=O) groups excluding carboxylic acids is 3. The van der Waals surface area contributed by atoms with Crippen molar-refractivity contribution in [2.45, 2.75) is 51.4 Å². The van der Waals surface area contributed by atoms with Crippen molar-refractivity contribution >= 4 is 23.4 Å². The number of fused-ring (bicyclic) bond motifs is 1. The number of likely N-dealkylation sites (tertiary alicyclic amines) is 1. The van der Waals surface area contributed by atoms with Gasteiger partial charge in [-0.15, -0.1) is 0 Å². The highest BCUT2D eigenvalue weighted by Crippen LogP contribution is 2.70. The average molecular weight is 474 g/mol. The van der Waals surface area contributed by atoms with Crippen LogP contribution in [0, 0.1) is 29.1 Å². The molecule has 0 radical (unpaired) electrons. The molecule has 0 N–H and O–H groups in total. The summed E-state index contributed by atoms with van der Waals surface area (Å²) in [6.45, 7) is 3.73. The maximum absolute atomic E-state index is 13.7. The smallest absolute Gasteiger partial charge is 0.263 e. The number of piperidine rings is 2. The molecule has 3 aliphatic heterocycles. The molecule has 1 spiro atoms. The summed E-state index contributed by atoms with van der Waals surface area (Å²) in [4.78, 5) is 46.1. The molecule has 2 saturated heterocycles. The Morgan fingerprint density at radius 3 is 2.57 bits per heavy atom. The van der Waals surface area contributed by atoms with Crippen LogP contribution in [-0.4, -0.2) is 60.2 Å². The van der Waals surface area contributed by atoms with E-state index in [4.69, 9.17) is 0 Å². The molecular weight excluding hydrogens is 438 g/mol. The van der Waals surface area contributed by atoms with Crippen LogP contribution < -0.4 is 4.90 Å². The lowest BCUT2D eigenvalue weighted by Gasteiger charge is -2.37. The Kier molecular flexibility index (Phi) is 4.91. The Hall–Kier alpha value is -2.63. The standard InChI is InChI=1S/C29H35N3O3/c33-26(30-13-2-1-3-14-30)19-6-5-15-31(17-19)24-8-4-7-22-25(24)28(35)32(27(22)34)18-20-16-21-9-10-23(20)29(21)11-12-29/h4,7-10,19-21,23H,1-3,5-6,11-18H2. The SMILES string of the molecule is O=C(C1CCCN(c2cccc3c2C(=O)N(CC2CC4C=CC2C42CC2)C3=O)C1)N1CCCCC1. The van der Waals surface area contributed by atoms with Gasteiger partial charge in [0.05, 0.1) is 22.7 Å². The first-order chi connectivity index (χ1) is 17.1. The zero-order valence-electron chi connectivity index (χ0n) is 20.5. The molecular formula is C29H35N3O3. The number of carbonyl (C=O) groups is 3. The van der Waals surface area contributed by atoms with Crippen LogP contribution in [0.5, 0.6) is 0 Å². The molecule has 6 nitrogen and oxygen atoms in total. The van der Waals surface area contributed by atoms with Crippen molar-refractivity contribution in [3.8, 4) is 0 Å². The monoisotopic (exact) mass is 473 g/mol. The summed E-state index contributed by atoms with van der Waals surface area (Å²) in [7, 11) is 0. The summed E-state index contributed by atoms with van der Waals surface area (Å²) in [6.07, 6.45) is 13.7. The van der Waals surface area contributed by atoms with Gasteiger partial charge in [0.25, 0.3) is 11.8 Å². The zero-order chi connectivity index (χ0) is 23.7. The van der Waals surface area contributed by atoms with Crippen LogP contribution in [0.25, 0.3) is 0 Å². The second-order valence-corrected chi connectivity index (χ2v) is 11.8. The highest BCUT2D eigenvalue weighted by Gasteiger charge is 2.63. The number of rotatable bonds is 4. The van der Waals surface area contributed by atoms with Crippen molar-refractivity contribution in [3.63, 3.8) is 0 Å². The fourth-order valence-electron chi connectivity index (χ4n) is 8.08. The number of anilines is 1. The maximum Gasteiger partial charge on any atom is 0.263 e. The number of amides is 3. The molecule has 6 aliphatic rings. The van der Waals surface area contributed by atoms with Gasteiger partial charge in [-0.2, -0.15) is 0 Å². The molecule has 1 aromatic rings. The number of benzene rings is 1. The van der Waals surface area contributed by atoms with E-state index in [0.29, 0.717) is 47.4 Å². The lowest BCUT2D eigenvalue weighted by atomic mass is 9.88. The number of hydrogen-bond donors (Lipinski definition) is 0. The van der Waals surface area contributed by atoms with E-state index in [1.807, 2.05) is 23.1 Å². The van der Waals surface area contributed by atoms with E-state index in [1.165, 1.54) is 24.2 Å². The zero-order valence-corrected chi connectivity index (χ0v) is 20.5. The molecule has 6 heteroatoms. The van der Waals surface area contributed by atoms with Crippen molar-refractivity contribution in [1.29, 1.82) is 0 Å². The largest absolute Gasteiger partial charge is 0.370 e. The fourth-order valence-corrected chi connectivity index (χ4v) is 8.08. The number of hydrogen-bond acceptors (Lipinski definition) is 4. The van der Waals surface area contributed by atoms with E-state index in [1.54, 1.807) is 0 Å². The van der Waals surface area contributed by atoms with Gasteiger partial charge in [0.15, 0.2) is 0 Å². The fraction of sp³-hybridized carbons (Fsp3) is 0.621. The molecule has 184 valence electrons. The minimum atomic E-state index is -0.138. The van der Waals surface area contributed by atoms with E-state index in [0.717, 1.165) is 57.4 Å². The molecule has 4 fully saturated rings. The van der Waals surface area contributed by atoms with Crippen LogP contribution in [0.1, 0.15) is 72.1 Å². The van der Waals surface area contributed by atoms with E-state index in [-0.39, 0.29) is 23.6 Å². The maximum atomic E-state index is 13.7. The predicted molar refractivity (Wildman–Crippen MR) is 133 cm³/mol. The second-order valence-electron chi connectivity index (χ2n) is 11.8. The Morgan fingerprint density at radius 1 is 0.971 bits per heavy atom. The van der Waals surface area contributed by atoms with Crippen LogP contribution in [0.3, 0.4) is 0 Å². The number of allylic oxidation sites excluding steroid dienone is 2. The van der Waals surface area contributed by atoms with E-state index in [2.05, 4.69) is 17.1 Å². The van der Waals surface area contributed by atoms with Crippen molar-refractivity contribution in [3.05, 3.63) is 41.5 Å². The number of imide groups is 1. The summed E-state index contributed by atoms with van der Waals surface area (Å²) in [5, 5.41) is 0. The lowest BCUT2D eigenvalue weighted by molar-refractivity contribution is -0.136. The topological polar surface area (TPSA) is 60.9 Å². The first-order valence-electron chi connectivity index (χ1n) is 13.8. The summed E-state index contributed by atoms with van der Waals surface area (Å²) >= 11 is 0. The Morgan fingerprint density at radius 2 is 1.80 bits per heavy atom. The third-order valence-corrected chi connectivity index (χ3v) is 10.0. The van der Waals surface area contributed by atoms with E-state index < -0.39 is 0 Å². The second kappa shape index (κ2) is 7.94. The van der Waals surface area contributed by atoms with Crippen LogP contribution in [-0.2, 0) is 4.79 Å². The third kappa shape index (κ3) is 3.24. The van der Waals surface area contributed by atoms with E-state index in [9.17, 15) is 14.4 Å². The first kappa shape index (κ1) is 21.6. The number of nitrogens with zero attached hydrogens (tertiary/aromatic N) is 3. The van der Waals surface area contributed by atoms with Crippen molar-refractivity contribution in [1.82, 2.24) is 9.80 Å². The first-order valence-corrected chi connectivity index (χ1v) is 13.8. The Labute approximate surface area is 207 Å². The Bertz CT molecular complexity index is 1120. The molecule has 3 heterocycles. The summed E-state index contributed by atoms with van der Waals surface area (Å²) in [6, 6.07) is 5.68. The molecule has 35 heavy (non-hydrogen) atoms. The molecule has 1 aromatic carbocycles. The van der Waals surface area contributed by atoms with Gasteiger partial charge in [0.2, 0.25) is 5.91 Å². The van der Waals surface area contributed by atoms with Crippen LogP contribution in [0.4, 0.5) is 5.69 Å². The van der Waals surface area contributed by atoms with Gasteiger partial charge in [-0.05, 0) is 86.7 Å². The highest BCUT2D eigenvalue weighted by molar-refractivity contribution is 6.23. The minimum Gasteiger partial charge on any atom is -0.370 e. The lowest BCUT2D eigenvalue weighted by Crippen LogP contribution is -2.46. The van der Waals surface area contributed by atoms with Gasteiger partial charge in [-0.25, -0.2) is 0 Å². The van der Waals surface area contributed by atoms with Gasteiger partial charge in [-0.3, -0.25) is 19.3 Å². The molecule has 2 saturated carbocycles. The predicted octanol–water partition coefficient (Wildman–Crippen LogP) is 4.11. The summed E-state index contributed by atoms with van der Waals surface area (Å²) in [5.41, 5.74) is 2.39. The van der Waals surface area contributed by atoms with E-state index >= 15 is 0 Å². The molecule has 4 unspecified atom stereocenters. The van der Waals surface area contributed by atoms with Gasteiger partial charge in [0, 0.05) is 32.7 Å².